The monoisotopic (exact) mass is 437 g/mol. The number of nitrogens with one attached hydrogen (secondary N) is 1. The van der Waals surface area contributed by atoms with E-state index >= 15 is 0 Å². The number of hydrogen-bond acceptors (Lipinski definition) is 4. The van der Waals surface area contributed by atoms with Gasteiger partial charge in [0.25, 0.3) is 0 Å². The van der Waals surface area contributed by atoms with Gasteiger partial charge in [-0.3, -0.25) is 10.3 Å². The van der Waals surface area contributed by atoms with Crippen LogP contribution in [0.1, 0.15) is 104 Å². The van der Waals surface area contributed by atoms with Gasteiger partial charge in [0, 0.05) is 6.61 Å². The van der Waals surface area contributed by atoms with E-state index in [4.69, 9.17) is 14.7 Å². The van der Waals surface area contributed by atoms with Crippen LogP contribution in [0.2, 0.25) is 0 Å². The molecule has 0 spiro atoms. The average molecular weight is 438 g/mol. The molecule has 5 nitrogen and oxygen atoms in total. The van der Waals surface area contributed by atoms with Gasteiger partial charge >= 0.3 is 5.97 Å². The number of unbranched alkanes of at least 4 members (excludes halogenated alkanes) is 11. The van der Waals surface area contributed by atoms with Gasteiger partial charge in [-0.15, -0.1) is 0 Å². The molecule has 0 heterocycles. The summed E-state index contributed by atoms with van der Waals surface area (Å²) in [7, 11) is 0. The molecule has 0 aliphatic carbocycles. The first-order chi connectivity index (χ1) is 15.2. The Morgan fingerprint density at radius 2 is 1.35 bits per heavy atom. The van der Waals surface area contributed by atoms with Crippen LogP contribution in [0.25, 0.3) is 0 Å². The Bertz CT molecular complexity index is 495. The molecular weight excluding hydrogens is 390 g/mol. The third-order valence-electron chi connectivity index (χ3n) is 5.08. The number of hydrogen-bond donors (Lipinski definition) is 2. The second-order valence-electron chi connectivity index (χ2n) is 7.90. The van der Waals surface area contributed by atoms with Crippen LogP contribution in [0.5, 0.6) is 0 Å². The van der Waals surface area contributed by atoms with Gasteiger partial charge in [-0.25, -0.2) is 4.79 Å². The second kappa shape index (κ2) is 23.1. The zero-order valence-corrected chi connectivity index (χ0v) is 20.2. The minimum absolute atomic E-state index is 0.463. The number of para-hydroxylation sites is 1. The molecule has 1 unspecified atom stereocenters. The maximum atomic E-state index is 10.2. The minimum Gasteiger partial charge on any atom is -0.479 e. The van der Waals surface area contributed by atoms with Crippen LogP contribution < -0.4 is 5.48 Å². The number of carbonyl (C=O) groups is 1. The van der Waals surface area contributed by atoms with Gasteiger partial charge in [0.15, 0.2) is 6.10 Å². The van der Waals surface area contributed by atoms with Gasteiger partial charge < -0.3 is 9.84 Å². The predicted molar refractivity (Wildman–Crippen MR) is 130 cm³/mol. The number of ether oxygens (including phenoxy) is 1. The lowest BCUT2D eigenvalue weighted by atomic mass is 10.1. The van der Waals surface area contributed by atoms with Crippen LogP contribution in [-0.4, -0.2) is 30.4 Å². The molecule has 0 fully saturated rings. The number of carboxylic acid groups (broad SMARTS) is 1. The van der Waals surface area contributed by atoms with Gasteiger partial charge in [-0.1, -0.05) is 103 Å². The molecule has 5 heteroatoms. The summed E-state index contributed by atoms with van der Waals surface area (Å²) in [6, 6.07) is 10.1. The maximum absolute atomic E-state index is 10.2. The fourth-order valence-corrected chi connectivity index (χ4v) is 3.22. The minimum atomic E-state index is -0.876. The molecule has 1 rings (SSSR count). The van der Waals surface area contributed by atoms with Crippen molar-refractivity contribution in [1.82, 2.24) is 0 Å². The summed E-state index contributed by atoms with van der Waals surface area (Å²) in [6.07, 6.45) is 16.5. The standard InChI is InChI=1S/C20H35NO.C6H12O3/c1-2-3-4-5-6-7-8-9-10-11-12-16-19-22-21-20-17-14-13-15-18-20;1-3-5(6(7)8)9-4-2/h13-15,17-18,21H,2-12,16,19H2,1H3;5H,3-4H2,1-2H3,(H,7,8). The molecule has 0 aliphatic rings. The first-order valence-corrected chi connectivity index (χ1v) is 12.4. The van der Waals surface area contributed by atoms with E-state index in [1.807, 2.05) is 30.3 Å². The fraction of sp³-hybridized carbons (Fsp3) is 0.731. The smallest absolute Gasteiger partial charge is 0.332 e. The molecule has 0 saturated carbocycles. The van der Waals surface area contributed by atoms with Gasteiger partial charge in [0.05, 0.1) is 12.3 Å². The van der Waals surface area contributed by atoms with E-state index in [0.717, 1.165) is 18.7 Å². The van der Waals surface area contributed by atoms with Crippen molar-refractivity contribution in [2.45, 2.75) is 110 Å². The lowest BCUT2D eigenvalue weighted by molar-refractivity contribution is -0.150. The maximum Gasteiger partial charge on any atom is 0.332 e. The van der Waals surface area contributed by atoms with Crippen molar-refractivity contribution in [3.8, 4) is 0 Å². The third kappa shape index (κ3) is 20.1. The highest BCUT2D eigenvalue weighted by Gasteiger charge is 2.13. The summed E-state index contributed by atoms with van der Waals surface area (Å²) in [5.41, 5.74) is 4.01. The lowest BCUT2D eigenvalue weighted by Gasteiger charge is -2.07. The molecule has 31 heavy (non-hydrogen) atoms. The van der Waals surface area contributed by atoms with E-state index in [9.17, 15) is 4.79 Å². The topological polar surface area (TPSA) is 67.8 Å². The molecule has 0 saturated heterocycles. The van der Waals surface area contributed by atoms with Crippen molar-refractivity contribution >= 4 is 11.7 Å². The molecule has 0 bridgehead atoms. The van der Waals surface area contributed by atoms with Crippen molar-refractivity contribution < 1.29 is 19.5 Å². The van der Waals surface area contributed by atoms with Crippen LogP contribution in [0.3, 0.4) is 0 Å². The first kappa shape index (κ1) is 29.4. The Hall–Kier alpha value is -1.59. The zero-order valence-electron chi connectivity index (χ0n) is 20.2. The van der Waals surface area contributed by atoms with E-state index in [1.165, 1.54) is 70.6 Å². The molecule has 1 aromatic carbocycles. The van der Waals surface area contributed by atoms with E-state index in [0.29, 0.717) is 13.0 Å². The second-order valence-corrected chi connectivity index (χ2v) is 7.90. The molecule has 180 valence electrons. The highest BCUT2D eigenvalue weighted by Crippen LogP contribution is 2.12. The Morgan fingerprint density at radius 3 is 1.77 bits per heavy atom. The SMILES string of the molecule is CCCCCCCCCCCCCCONc1ccccc1.CCOC(CC)C(=O)O. The highest BCUT2D eigenvalue weighted by atomic mass is 16.6. The van der Waals surface area contributed by atoms with E-state index < -0.39 is 12.1 Å². The number of aliphatic carboxylic acids is 1. The summed E-state index contributed by atoms with van der Waals surface area (Å²) in [5.74, 6) is -0.876. The largest absolute Gasteiger partial charge is 0.479 e. The first-order valence-electron chi connectivity index (χ1n) is 12.4. The number of anilines is 1. The molecule has 0 aliphatic heterocycles. The summed E-state index contributed by atoms with van der Waals surface area (Å²) < 4.78 is 4.85. The molecule has 0 radical (unpaired) electrons. The van der Waals surface area contributed by atoms with Crippen LogP contribution >= 0.6 is 0 Å². The van der Waals surface area contributed by atoms with Gasteiger partial charge in [0.2, 0.25) is 0 Å². The van der Waals surface area contributed by atoms with Crippen molar-refractivity contribution in [2.75, 3.05) is 18.7 Å². The predicted octanol–water partition coefficient (Wildman–Crippen LogP) is 7.62. The van der Waals surface area contributed by atoms with E-state index in [-0.39, 0.29) is 0 Å². The Kier molecular flexibility index (Phi) is 21.9. The van der Waals surface area contributed by atoms with Gasteiger partial charge in [-0.05, 0) is 31.9 Å². The summed E-state index contributed by atoms with van der Waals surface area (Å²) in [4.78, 5) is 15.7. The molecule has 0 aromatic heterocycles. The Labute approximate surface area is 190 Å². The molecule has 0 amide bonds. The molecule has 1 aromatic rings. The number of rotatable bonds is 19. The summed E-state index contributed by atoms with van der Waals surface area (Å²) in [5, 5.41) is 8.38. The van der Waals surface area contributed by atoms with Gasteiger partial charge in [0.1, 0.15) is 0 Å². The van der Waals surface area contributed by atoms with Crippen molar-refractivity contribution in [3.63, 3.8) is 0 Å². The fourth-order valence-electron chi connectivity index (χ4n) is 3.22. The van der Waals surface area contributed by atoms with Gasteiger partial charge in [-0.2, -0.15) is 0 Å². The highest BCUT2D eigenvalue weighted by molar-refractivity contribution is 5.72. The van der Waals surface area contributed by atoms with Crippen LogP contribution in [-0.2, 0) is 14.4 Å². The quantitative estimate of drug-likeness (QED) is 0.172. The third-order valence-corrected chi connectivity index (χ3v) is 5.08. The zero-order chi connectivity index (χ0) is 23.0. The van der Waals surface area contributed by atoms with Crippen LogP contribution in [0.4, 0.5) is 5.69 Å². The summed E-state index contributed by atoms with van der Waals surface area (Å²) in [6.45, 7) is 7.11. The lowest BCUT2D eigenvalue weighted by Crippen LogP contribution is -2.22. The van der Waals surface area contributed by atoms with E-state index in [1.54, 1.807) is 13.8 Å². The number of benzene rings is 1. The normalized spacial score (nSPS) is 11.5. The summed E-state index contributed by atoms with van der Waals surface area (Å²) >= 11 is 0. The molecular formula is C26H47NO4. The Morgan fingerprint density at radius 1 is 0.839 bits per heavy atom. The van der Waals surface area contributed by atoms with E-state index in [2.05, 4.69) is 12.4 Å². The van der Waals surface area contributed by atoms with Crippen molar-refractivity contribution in [3.05, 3.63) is 30.3 Å². The van der Waals surface area contributed by atoms with Crippen LogP contribution in [0, 0.1) is 0 Å². The number of carboxylic acids is 1. The Balaban J connectivity index is 0.000000842. The molecule has 2 N–H and O–H groups in total. The van der Waals surface area contributed by atoms with Crippen molar-refractivity contribution in [2.24, 2.45) is 0 Å². The van der Waals surface area contributed by atoms with Crippen molar-refractivity contribution in [1.29, 1.82) is 0 Å². The van der Waals surface area contributed by atoms with Crippen LogP contribution in [0.15, 0.2) is 30.3 Å². The average Bonchev–Trinajstić information content (AvgIpc) is 2.78. The molecule has 1 atom stereocenters.